The van der Waals surface area contributed by atoms with E-state index < -0.39 is 0 Å². The van der Waals surface area contributed by atoms with Gasteiger partial charge in [-0.15, -0.1) is 0 Å². The highest BCUT2D eigenvalue weighted by molar-refractivity contribution is 5.96. The van der Waals surface area contributed by atoms with Crippen LogP contribution in [0.3, 0.4) is 0 Å². The molecule has 0 saturated heterocycles. The molecule has 0 spiro atoms. The standard InChI is InChI=1S/C10H12N2O/c13-9(7-3-4-7)10-11-5-8(12-10)6-1-2-6/h5-7H,1-4H2,(H,11,12). The third-order valence-electron chi connectivity index (χ3n) is 2.79. The van der Waals surface area contributed by atoms with Gasteiger partial charge in [-0.05, 0) is 25.7 Å². The van der Waals surface area contributed by atoms with Gasteiger partial charge in [0.05, 0.1) is 0 Å². The highest BCUT2D eigenvalue weighted by Crippen LogP contribution is 2.39. The van der Waals surface area contributed by atoms with Crippen molar-refractivity contribution in [2.45, 2.75) is 31.6 Å². The largest absolute Gasteiger partial charge is 0.339 e. The molecule has 1 heterocycles. The van der Waals surface area contributed by atoms with Crippen LogP contribution in [0.15, 0.2) is 6.20 Å². The highest BCUT2D eigenvalue weighted by Gasteiger charge is 2.33. The summed E-state index contributed by atoms with van der Waals surface area (Å²) in [7, 11) is 0. The van der Waals surface area contributed by atoms with Crippen LogP contribution in [0.4, 0.5) is 0 Å². The molecule has 3 nitrogen and oxygen atoms in total. The average Bonchev–Trinajstić information content (AvgIpc) is 3.02. The zero-order chi connectivity index (χ0) is 8.84. The van der Waals surface area contributed by atoms with E-state index in [0.29, 0.717) is 11.7 Å². The number of nitrogens with zero attached hydrogens (tertiary/aromatic N) is 1. The van der Waals surface area contributed by atoms with E-state index in [-0.39, 0.29) is 11.7 Å². The quantitative estimate of drug-likeness (QED) is 0.715. The summed E-state index contributed by atoms with van der Waals surface area (Å²) in [5.74, 6) is 1.74. The molecule has 3 heteroatoms. The molecule has 0 radical (unpaired) electrons. The lowest BCUT2D eigenvalue weighted by atomic mass is 10.2. The first kappa shape index (κ1) is 7.30. The van der Waals surface area contributed by atoms with Crippen LogP contribution in [0.2, 0.25) is 0 Å². The first-order valence-electron chi connectivity index (χ1n) is 4.93. The van der Waals surface area contributed by atoms with Crippen LogP contribution in [-0.4, -0.2) is 15.8 Å². The number of H-pyrrole nitrogens is 1. The van der Waals surface area contributed by atoms with E-state index in [4.69, 9.17) is 0 Å². The molecule has 2 saturated carbocycles. The molecule has 68 valence electrons. The van der Waals surface area contributed by atoms with Crippen molar-refractivity contribution < 1.29 is 4.79 Å². The van der Waals surface area contributed by atoms with Crippen molar-refractivity contribution in [1.29, 1.82) is 0 Å². The topological polar surface area (TPSA) is 45.8 Å². The second-order valence-electron chi connectivity index (χ2n) is 4.10. The Balaban J connectivity index is 1.83. The van der Waals surface area contributed by atoms with Crippen LogP contribution in [0.25, 0.3) is 0 Å². The second-order valence-corrected chi connectivity index (χ2v) is 4.10. The lowest BCUT2D eigenvalue weighted by Crippen LogP contribution is -2.03. The van der Waals surface area contributed by atoms with Crippen molar-refractivity contribution in [1.82, 2.24) is 9.97 Å². The molecule has 1 aromatic heterocycles. The predicted molar refractivity (Wildman–Crippen MR) is 47.6 cm³/mol. The van der Waals surface area contributed by atoms with Crippen LogP contribution in [0.5, 0.6) is 0 Å². The Morgan fingerprint density at radius 3 is 2.77 bits per heavy atom. The van der Waals surface area contributed by atoms with E-state index in [1.54, 1.807) is 0 Å². The number of nitrogens with one attached hydrogen (secondary N) is 1. The van der Waals surface area contributed by atoms with Gasteiger partial charge < -0.3 is 4.98 Å². The van der Waals surface area contributed by atoms with Crippen LogP contribution < -0.4 is 0 Å². The molecule has 1 N–H and O–H groups in total. The van der Waals surface area contributed by atoms with Crippen LogP contribution in [0, 0.1) is 5.92 Å². The second kappa shape index (κ2) is 2.44. The number of imidazole rings is 1. The van der Waals surface area contributed by atoms with Crippen molar-refractivity contribution in [3.63, 3.8) is 0 Å². The first-order valence-corrected chi connectivity index (χ1v) is 4.93. The maximum absolute atomic E-state index is 11.6. The summed E-state index contributed by atoms with van der Waals surface area (Å²) in [4.78, 5) is 18.8. The summed E-state index contributed by atoms with van der Waals surface area (Å²) < 4.78 is 0. The van der Waals surface area contributed by atoms with E-state index in [2.05, 4.69) is 9.97 Å². The Morgan fingerprint density at radius 1 is 1.38 bits per heavy atom. The minimum absolute atomic E-state index is 0.215. The van der Waals surface area contributed by atoms with Gasteiger partial charge in [-0.3, -0.25) is 4.79 Å². The molecule has 3 rings (SSSR count). The molecule has 0 amide bonds. The van der Waals surface area contributed by atoms with E-state index in [0.717, 1.165) is 18.5 Å². The molecule has 0 unspecified atom stereocenters. The Bertz CT molecular complexity index is 348. The summed E-state index contributed by atoms with van der Waals surface area (Å²) in [5, 5.41) is 0. The van der Waals surface area contributed by atoms with Gasteiger partial charge in [0.25, 0.3) is 0 Å². The summed E-state index contributed by atoms with van der Waals surface area (Å²) in [6.07, 6.45) is 6.43. The van der Waals surface area contributed by atoms with E-state index >= 15 is 0 Å². The van der Waals surface area contributed by atoms with E-state index in [1.807, 2.05) is 6.20 Å². The van der Waals surface area contributed by atoms with Gasteiger partial charge in [-0.25, -0.2) is 4.98 Å². The number of carbonyl (C=O) groups excluding carboxylic acids is 1. The number of rotatable bonds is 3. The Hall–Kier alpha value is -1.12. The molecule has 0 atom stereocenters. The van der Waals surface area contributed by atoms with Crippen molar-refractivity contribution in [3.8, 4) is 0 Å². The molecule has 2 aliphatic carbocycles. The number of carbonyl (C=O) groups is 1. The number of hydrogen-bond acceptors (Lipinski definition) is 2. The minimum Gasteiger partial charge on any atom is -0.339 e. The van der Waals surface area contributed by atoms with Crippen molar-refractivity contribution in [3.05, 3.63) is 17.7 Å². The Labute approximate surface area is 76.6 Å². The lowest BCUT2D eigenvalue weighted by Gasteiger charge is -1.91. The third kappa shape index (κ3) is 1.28. The van der Waals surface area contributed by atoms with Crippen LogP contribution in [0.1, 0.15) is 47.9 Å². The number of Topliss-reactive ketones (excluding diaryl/α,β-unsaturated/α-hetero) is 1. The summed E-state index contributed by atoms with van der Waals surface area (Å²) in [6, 6.07) is 0. The maximum atomic E-state index is 11.6. The molecule has 2 fully saturated rings. The van der Waals surface area contributed by atoms with Crippen molar-refractivity contribution in [2.75, 3.05) is 0 Å². The molecule has 13 heavy (non-hydrogen) atoms. The number of aromatic nitrogens is 2. The highest BCUT2D eigenvalue weighted by atomic mass is 16.1. The SMILES string of the molecule is O=C(c1ncc(C2CC2)[nH]1)C1CC1. The molecule has 0 bridgehead atoms. The van der Waals surface area contributed by atoms with Gasteiger partial charge in [0.1, 0.15) is 0 Å². The smallest absolute Gasteiger partial charge is 0.201 e. The van der Waals surface area contributed by atoms with Gasteiger partial charge in [0, 0.05) is 23.7 Å². The first-order chi connectivity index (χ1) is 6.34. The summed E-state index contributed by atoms with van der Waals surface area (Å²) in [6.45, 7) is 0. The molecular formula is C10H12N2O. The summed E-state index contributed by atoms with van der Waals surface area (Å²) >= 11 is 0. The summed E-state index contributed by atoms with van der Waals surface area (Å²) in [5.41, 5.74) is 1.16. The molecular weight excluding hydrogens is 164 g/mol. The molecule has 0 aromatic carbocycles. The molecule has 1 aromatic rings. The number of ketones is 1. The van der Waals surface area contributed by atoms with Gasteiger partial charge in [-0.2, -0.15) is 0 Å². The third-order valence-corrected chi connectivity index (χ3v) is 2.79. The van der Waals surface area contributed by atoms with Crippen LogP contribution in [-0.2, 0) is 0 Å². The lowest BCUT2D eigenvalue weighted by molar-refractivity contribution is 0.0958. The maximum Gasteiger partial charge on any atom is 0.201 e. The zero-order valence-electron chi connectivity index (χ0n) is 7.42. The van der Waals surface area contributed by atoms with Crippen LogP contribution >= 0.6 is 0 Å². The predicted octanol–water partition coefficient (Wildman–Crippen LogP) is 1.88. The number of hydrogen-bond donors (Lipinski definition) is 1. The van der Waals surface area contributed by atoms with Crippen molar-refractivity contribution >= 4 is 5.78 Å². The molecule has 2 aliphatic rings. The fourth-order valence-corrected chi connectivity index (χ4v) is 1.60. The fraction of sp³-hybridized carbons (Fsp3) is 0.600. The van der Waals surface area contributed by atoms with Gasteiger partial charge in [0.2, 0.25) is 5.78 Å². The molecule has 0 aliphatic heterocycles. The zero-order valence-corrected chi connectivity index (χ0v) is 7.42. The average molecular weight is 176 g/mol. The van der Waals surface area contributed by atoms with Gasteiger partial charge >= 0.3 is 0 Å². The fourth-order valence-electron chi connectivity index (χ4n) is 1.60. The Morgan fingerprint density at radius 2 is 2.15 bits per heavy atom. The van der Waals surface area contributed by atoms with Gasteiger partial charge in [-0.1, -0.05) is 0 Å². The Kier molecular flexibility index (Phi) is 1.37. The monoisotopic (exact) mass is 176 g/mol. The van der Waals surface area contributed by atoms with Crippen molar-refractivity contribution in [2.24, 2.45) is 5.92 Å². The van der Waals surface area contributed by atoms with Gasteiger partial charge in [0.15, 0.2) is 5.82 Å². The normalized spacial score (nSPS) is 21.8. The number of aromatic amines is 1. The van der Waals surface area contributed by atoms with E-state index in [1.165, 1.54) is 12.8 Å². The minimum atomic E-state index is 0.215. The van der Waals surface area contributed by atoms with E-state index in [9.17, 15) is 4.79 Å².